The van der Waals surface area contributed by atoms with Gasteiger partial charge in [-0.25, -0.2) is 0 Å². The summed E-state index contributed by atoms with van der Waals surface area (Å²) in [4.78, 5) is 6.81. The van der Waals surface area contributed by atoms with E-state index >= 15 is 0 Å². The van der Waals surface area contributed by atoms with Crippen LogP contribution in [0.15, 0.2) is 28.8 Å². The van der Waals surface area contributed by atoms with Crippen molar-refractivity contribution in [1.82, 2.24) is 15.0 Å². The molecular weight excluding hydrogens is 304 g/mol. The molecule has 0 amide bonds. The highest BCUT2D eigenvalue weighted by atomic mass is 16.5. The minimum atomic E-state index is 0.0595. The lowest BCUT2D eigenvalue weighted by molar-refractivity contribution is 0.205. The van der Waals surface area contributed by atoms with Gasteiger partial charge in [-0.05, 0) is 24.5 Å². The van der Waals surface area contributed by atoms with Crippen LogP contribution >= 0.6 is 0 Å². The van der Waals surface area contributed by atoms with Crippen LogP contribution in [0.1, 0.15) is 47.5 Å². The Hall–Kier alpha value is -2.23. The van der Waals surface area contributed by atoms with Crippen LogP contribution in [-0.4, -0.2) is 39.8 Å². The van der Waals surface area contributed by atoms with Crippen LogP contribution in [0.25, 0.3) is 0 Å². The molecule has 6 heteroatoms. The monoisotopic (exact) mass is 324 g/mol. The highest BCUT2D eigenvalue weighted by Crippen LogP contribution is 2.40. The van der Waals surface area contributed by atoms with Gasteiger partial charge in [0.2, 0.25) is 5.89 Å². The lowest BCUT2D eigenvalue weighted by Gasteiger charge is -2.16. The van der Waals surface area contributed by atoms with Crippen LogP contribution in [0.5, 0.6) is 0 Å². The quantitative estimate of drug-likeness (QED) is 0.905. The predicted molar refractivity (Wildman–Crippen MR) is 86.0 cm³/mol. The van der Waals surface area contributed by atoms with Gasteiger partial charge in [0.1, 0.15) is 0 Å². The van der Waals surface area contributed by atoms with Crippen molar-refractivity contribution in [2.24, 2.45) is 5.92 Å². The molecule has 4 rings (SSSR count). The normalized spacial score (nSPS) is 24.2. The molecule has 0 bridgehead atoms. The molecule has 0 unspecified atom stereocenters. The SMILES string of the molecule is N#Cc1ccccc1CN1C[C@@H](CO)[C@H](c2nc(C3CC3)no2)C1. The van der Waals surface area contributed by atoms with Crippen molar-refractivity contribution in [3.63, 3.8) is 0 Å². The molecule has 6 nitrogen and oxygen atoms in total. The first-order valence-corrected chi connectivity index (χ1v) is 8.43. The molecule has 1 N–H and O–H groups in total. The maximum atomic E-state index is 9.74. The van der Waals surface area contributed by atoms with Gasteiger partial charge in [0.05, 0.1) is 17.6 Å². The number of likely N-dealkylation sites (tertiary alicyclic amines) is 1. The Morgan fingerprint density at radius 2 is 2.12 bits per heavy atom. The first-order chi connectivity index (χ1) is 11.8. The Balaban J connectivity index is 1.49. The topological polar surface area (TPSA) is 86.2 Å². The molecule has 24 heavy (non-hydrogen) atoms. The zero-order valence-corrected chi connectivity index (χ0v) is 13.4. The summed E-state index contributed by atoms with van der Waals surface area (Å²) in [5.41, 5.74) is 1.72. The molecule has 1 aliphatic heterocycles. The van der Waals surface area contributed by atoms with E-state index < -0.39 is 0 Å². The van der Waals surface area contributed by atoms with Gasteiger partial charge in [-0.1, -0.05) is 23.4 Å². The third-order valence-corrected chi connectivity index (χ3v) is 5.00. The highest BCUT2D eigenvalue weighted by Gasteiger charge is 2.38. The molecule has 1 saturated carbocycles. The Morgan fingerprint density at radius 1 is 1.29 bits per heavy atom. The van der Waals surface area contributed by atoms with Crippen LogP contribution in [0.4, 0.5) is 0 Å². The third-order valence-electron chi connectivity index (χ3n) is 5.00. The number of aliphatic hydroxyl groups is 1. The molecule has 1 aliphatic carbocycles. The molecule has 2 fully saturated rings. The van der Waals surface area contributed by atoms with Gasteiger partial charge >= 0.3 is 0 Å². The lowest BCUT2D eigenvalue weighted by atomic mass is 9.97. The number of hydrogen-bond donors (Lipinski definition) is 1. The number of nitrogens with zero attached hydrogens (tertiary/aromatic N) is 4. The van der Waals surface area contributed by atoms with Gasteiger partial charge in [0, 0.05) is 38.1 Å². The number of aromatic nitrogens is 2. The Bertz CT molecular complexity index is 762. The van der Waals surface area contributed by atoms with Crippen LogP contribution in [0.3, 0.4) is 0 Å². The summed E-state index contributed by atoms with van der Waals surface area (Å²) in [6.07, 6.45) is 2.29. The second-order valence-electron chi connectivity index (χ2n) is 6.78. The standard InChI is InChI=1S/C18H20N4O2/c19-7-13-3-1-2-4-14(13)8-22-9-15(11-23)16(10-22)18-20-17(21-24-18)12-5-6-12/h1-4,12,15-16,23H,5-6,8-11H2/t15-,16+/m0/s1. The molecule has 2 atom stereocenters. The molecule has 1 saturated heterocycles. The van der Waals surface area contributed by atoms with Crippen molar-refractivity contribution in [3.05, 3.63) is 47.1 Å². The van der Waals surface area contributed by atoms with Crippen LogP contribution in [0.2, 0.25) is 0 Å². The molecule has 2 aliphatic rings. The number of aliphatic hydroxyl groups excluding tert-OH is 1. The molecule has 2 heterocycles. The average molecular weight is 324 g/mol. The van der Waals surface area contributed by atoms with E-state index in [4.69, 9.17) is 4.52 Å². The van der Waals surface area contributed by atoms with Crippen LogP contribution in [0, 0.1) is 17.2 Å². The molecule has 1 aromatic heterocycles. The second kappa shape index (κ2) is 6.34. The zero-order chi connectivity index (χ0) is 16.5. The number of rotatable bonds is 5. The fourth-order valence-corrected chi connectivity index (χ4v) is 3.47. The van der Waals surface area contributed by atoms with E-state index in [2.05, 4.69) is 21.1 Å². The van der Waals surface area contributed by atoms with Crippen molar-refractivity contribution in [2.75, 3.05) is 19.7 Å². The first kappa shape index (κ1) is 15.3. The molecule has 1 aromatic carbocycles. The van der Waals surface area contributed by atoms with Gasteiger partial charge < -0.3 is 9.63 Å². The molecule has 124 valence electrons. The first-order valence-electron chi connectivity index (χ1n) is 8.43. The number of benzene rings is 1. The summed E-state index contributed by atoms with van der Waals surface area (Å²) in [5.74, 6) is 2.08. The zero-order valence-electron chi connectivity index (χ0n) is 13.4. The van der Waals surface area contributed by atoms with Crippen molar-refractivity contribution >= 4 is 0 Å². The molecule has 0 spiro atoms. The molecule has 0 radical (unpaired) electrons. The Labute approximate surface area is 140 Å². The average Bonchev–Trinajstić information content (AvgIpc) is 3.20. The largest absolute Gasteiger partial charge is 0.396 e. The van der Waals surface area contributed by atoms with E-state index in [0.29, 0.717) is 23.9 Å². The lowest BCUT2D eigenvalue weighted by Crippen LogP contribution is -2.21. The minimum Gasteiger partial charge on any atom is -0.396 e. The maximum absolute atomic E-state index is 9.74. The van der Waals surface area contributed by atoms with E-state index in [9.17, 15) is 10.4 Å². The van der Waals surface area contributed by atoms with Crippen molar-refractivity contribution < 1.29 is 9.63 Å². The molecule has 2 aromatic rings. The predicted octanol–water partition coefficient (Wildman–Crippen LogP) is 2.03. The smallest absolute Gasteiger partial charge is 0.231 e. The summed E-state index contributed by atoms with van der Waals surface area (Å²) < 4.78 is 5.47. The second-order valence-corrected chi connectivity index (χ2v) is 6.78. The van der Waals surface area contributed by atoms with Gasteiger partial charge in [-0.15, -0.1) is 0 Å². The van der Waals surface area contributed by atoms with Gasteiger partial charge in [0.15, 0.2) is 5.82 Å². The fraction of sp³-hybridized carbons (Fsp3) is 0.500. The van der Waals surface area contributed by atoms with E-state index in [-0.39, 0.29) is 18.4 Å². The van der Waals surface area contributed by atoms with Crippen LogP contribution < -0.4 is 0 Å². The van der Waals surface area contributed by atoms with Crippen molar-refractivity contribution in [2.45, 2.75) is 31.2 Å². The third kappa shape index (κ3) is 2.93. The van der Waals surface area contributed by atoms with E-state index in [0.717, 1.165) is 37.3 Å². The summed E-state index contributed by atoms with van der Waals surface area (Å²) in [7, 11) is 0. The van der Waals surface area contributed by atoms with E-state index in [1.165, 1.54) is 0 Å². The number of nitriles is 1. The van der Waals surface area contributed by atoms with Crippen molar-refractivity contribution in [3.8, 4) is 6.07 Å². The molecular formula is C18H20N4O2. The summed E-state index contributed by atoms with van der Waals surface area (Å²) in [5, 5.41) is 23.1. The summed E-state index contributed by atoms with van der Waals surface area (Å²) in [6, 6.07) is 9.90. The van der Waals surface area contributed by atoms with Gasteiger partial charge in [-0.3, -0.25) is 4.90 Å². The van der Waals surface area contributed by atoms with Gasteiger partial charge in [-0.2, -0.15) is 10.2 Å². The minimum absolute atomic E-state index is 0.0595. The highest BCUT2D eigenvalue weighted by molar-refractivity contribution is 5.37. The Kier molecular flexibility index (Phi) is 4.05. The van der Waals surface area contributed by atoms with E-state index in [1.54, 1.807) is 0 Å². The summed E-state index contributed by atoms with van der Waals surface area (Å²) in [6.45, 7) is 2.32. The maximum Gasteiger partial charge on any atom is 0.231 e. The van der Waals surface area contributed by atoms with Crippen LogP contribution in [-0.2, 0) is 6.54 Å². The number of hydrogen-bond acceptors (Lipinski definition) is 6. The van der Waals surface area contributed by atoms with E-state index in [1.807, 2.05) is 24.3 Å². The fourth-order valence-electron chi connectivity index (χ4n) is 3.47. The summed E-state index contributed by atoms with van der Waals surface area (Å²) >= 11 is 0. The Morgan fingerprint density at radius 3 is 2.88 bits per heavy atom. The van der Waals surface area contributed by atoms with Crippen molar-refractivity contribution in [1.29, 1.82) is 5.26 Å². The van der Waals surface area contributed by atoms with Gasteiger partial charge in [0.25, 0.3) is 0 Å².